The summed E-state index contributed by atoms with van der Waals surface area (Å²) in [5.74, 6) is -0.194. The highest BCUT2D eigenvalue weighted by molar-refractivity contribution is 5.77. The SMILES string of the molecule is COCCOCC(=O)NCCC(O)COC. The standard InChI is InChI=1S/C10H21NO5/c1-14-5-6-16-8-10(13)11-4-3-9(12)7-15-2/h9,12H,3-8H2,1-2H3,(H,11,13). The maximum Gasteiger partial charge on any atom is 0.246 e. The molecule has 0 aliphatic heterocycles. The van der Waals surface area contributed by atoms with Crippen molar-refractivity contribution in [3.63, 3.8) is 0 Å². The Labute approximate surface area is 95.9 Å². The van der Waals surface area contributed by atoms with Gasteiger partial charge in [0.05, 0.1) is 25.9 Å². The fourth-order valence-corrected chi connectivity index (χ4v) is 1.01. The molecule has 96 valence electrons. The third-order valence-corrected chi connectivity index (χ3v) is 1.82. The number of carbonyl (C=O) groups is 1. The molecule has 0 radical (unpaired) electrons. The van der Waals surface area contributed by atoms with Gasteiger partial charge in [-0.1, -0.05) is 0 Å². The minimum Gasteiger partial charge on any atom is -0.391 e. The van der Waals surface area contributed by atoms with E-state index in [2.05, 4.69) is 5.32 Å². The Kier molecular flexibility index (Phi) is 10.3. The third kappa shape index (κ3) is 9.85. The Bertz CT molecular complexity index is 177. The molecule has 0 heterocycles. The average Bonchev–Trinajstić information content (AvgIpc) is 2.25. The van der Waals surface area contributed by atoms with Gasteiger partial charge in [-0.2, -0.15) is 0 Å². The number of hydrogen-bond donors (Lipinski definition) is 2. The number of aliphatic hydroxyl groups is 1. The summed E-state index contributed by atoms with van der Waals surface area (Å²) >= 11 is 0. The lowest BCUT2D eigenvalue weighted by Crippen LogP contribution is -2.31. The molecular formula is C10H21NO5. The molecule has 0 fully saturated rings. The first-order chi connectivity index (χ1) is 7.70. The molecule has 1 amide bonds. The Morgan fingerprint density at radius 2 is 2.06 bits per heavy atom. The van der Waals surface area contributed by atoms with Gasteiger partial charge in [-0.15, -0.1) is 0 Å². The first kappa shape index (κ1) is 15.3. The van der Waals surface area contributed by atoms with Crippen molar-refractivity contribution in [1.29, 1.82) is 0 Å². The molecule has 2 N–H and O–H groups in total. The van der Waals surface area contributed by atoms with Crippen LogP contribution in [0.1, 0.15) is 6.42 Å². The van der Waals surface area contributed by atoms with E-state index < -0.39 is 6.10 Å². The number of ether oxygens (including phenoxy) is 3. The molecule has 0 aromatic carbocycles. The monoisotopic (exact) mass is 235 g/mol. The van der Waals surface area contributed by atoms with Crippen LogP contribution in [0.3, 0.4) is 0 Å². The van der Waals surface area contributed by atoms with E-state index >= 15 is 0 Å². The molecule has 0 saturated heterocycles. The minimum atomic E-state index is -0.542. The summed E-state index contributed by atoms with van der Waals surface area (Å²) in [6.45, 7) is 1.58. The molecule has 1 atom stereocenters. The molecule has 6 nitrogen and oxygen atoms in total. The third-order valence-electron chi connectivity index (χ3n) is 1.82. The second-order valence-electron chi connectivity index (χ2n) is 3.29. The first-order valence-electron chi connectivity index (χ1n) is 5.21. The summed E-state index contributed by atoms with van der Waals surface area (Å²) < 4.78 is 14.5. The molecule has 0 aliphatic carbocycles. The van der Waals surface area contributed by atoms with E-state index in [0.717, 1.165) is 0 Å². The molecule has 0 saturated carbocycles. The van der Waals surface area contributed by atoms with Crippen LogP contribution in [-0.2, 0) is 19.0 Å². The summed E-state index contributed by atoms with van der Waals surface area (Å²) in [5.41, 5.74) is 0. The number of methoxy groups -OCH3 is 2. The second kappa shape index (κ2) is 10.8. The van der Waals surface area contributed by atoms with Gasteiger partial charge in [0.15, 0.2) is 0 Å². The van der Waals surface area contributed by atoms with Gasteiger partial charge in [0.25, 0.3) is 0 Å². The molecule has 1 unspecified atom stereocenters. The van der Waals surface area contributed by atoms with Crippen LogP contribution in [0.5, 0.6) is 0 Å². The van der Waals surface area contributed by atoms with Crippen molar-refractivity contribution in [2.45, 2.75) is 12.5 Å². The molecule has 0 rings (SSSR count). The predicted octanol–water partition coefficient (Wildman–Crippen LogP) is -0.837. The predicted molar refractivity (Wildman–Crippen MR) is 58.2 cm³/mol. The molecule has 0 spiro atoms. The van der Waals surface area contributed by atoms with Crippen molar-refractivity contribution in [3.8, 4) is 0 Å². The van der Waals surface area contributed by atoms with Gasteiger partial charge < -0.3 is 24.6 Å². The Hall–Kier alpha value is -0.690. The van der Waals surface area contributed by atoms with Crippen LogP contribution in [-0.4, -0.2) is 64.3 Å². The van der Waals surface area contributed by atoms with Crippen LogP contribution in [0.4, 0.5) is 0 Å². The first-order valence-corrected chi connectivity index (χ1v) is 5.21. The molecule has 0 aliphatic rings. The Balaban J connectivity index is 3.29. The second-order valence-corrected chi connectivity index (χ2v) is 3.29. The quantitative estimate of drug-likeness (QED) is 0.483. The summed E-state index contributed by atoms with van der Waals surface area (Å²) in [5, 5.41) is 11.9. The van der Waals surface area contributed by atoms with Crippen molar-refractivity contribution in [1.82, 2.24) is 5.32 Å². The van der Waals surface area contributed by atoms with Gasteiger partial charge in [0, 0.05) is 20.8 Å². The zero-order chi connectivity index (χ0) is 12.2. The van der Waals surface area contributed by atoms with E-state index in [1.54, 1.807) is 7.11 Å². The van der Waals surface area contributed by atoms with Crippen molar-refractivity contribution in [2.75, 3.05) is 47.2 Å². The van der Waals surface area contributed by atoms with E-state index in [1.165, 1.54) is 7.11 Å². The normalized spacial score (nSPS) is 12.4. The van der Waals surface area contributed by atoms with E-state index in [0.29, 0.717) is 26.2 Å². The van der Waals surface area contributed by atoms with Crippen LogP contribution in [0.25, 0.3) is 0 Å². The van der Waals surface area contributed by atoms with Gasteiger partial charge in [-0.25, -0.2) is 0 Å². The number of hydrogen-bond acceptors (Lipinski definition) is 5. The Morgan fingerprint density at radius 3 is 2.69 bits per heavy atom. The summed E-state index contributed by atoms with van der Waals surface area (Å²) in [7, 11) is 3.09. The van der Waals surface area contributed by atoms with Gasteiger partial charge >= 0.3 is 0 Å². The summed E-state index contributed by atoms with van der Waals surface area (Å²) in [6.07, 6.45) is -0.0720. The van der Waals surface area contributed by atoms with Crippen molar-refractivity contribution in [2.24, 2.45) is 0 Å². The van der Waals surface area contributed by atoms with Crippen LogP contribution >= 0.6 is 0 Å². The van der Waals surface area contributed by atoms with Gasteiger partial charge in [-0.3, -0.25) is 4.79 Å². The molecule has 0 bridgehead atoms. The fraction of sp³-hybridized carbons (Fsp3) is 0.900. The van der Waals surface area contributed by atoms with Crippen LogP contribution in [0, 0.1) is 0 Å². The molecule has 6 heteroatoms. The largest absolute Gasteiger partial charge is 0.391 e. The summed E-state index contributed by atoms with van der Waals surface area (Å²) in [6, 6.07) is 0. The van der Waals surface area contributed by atoms with E-state index in [1.807, 2.05) is 0 Å². The molecule has 16 heavy (non-hydrogen) atoms. The number of amides is 1. The van der Waals surface area contributed by atoms with Gasteiger partial charge in [0.1, 0.15) is 6.61 Å². The van der Waals surface area contributed by atoms with E-state index in [4.69, 9.17) is 14.2 Å². The lowest BCUT2D eigenvalue weighted by atomic mass is 10.2. The van der Waals surface area contributed by atoms with Crippen LogP contribution in [0.15, 0.2) is 0 Å². The van der Waals surface area contributed by atoms with Crippen molar-refractivity contribution >= 4 is 5.91 Å². The highest BCUT2D eigenvalue weighted by Crippen LogP contribution is 1.89. The number of carbonyl (C=O) groups excluding carboxylic acids is 1. The Morgan fingerprint density at radius 1 is 1.31 bits per heavy atom. The van der Waals surface area contributed by atoms with Crippen LogP contribution in [0.2, 0.25) is 0 Å². The van der Waals surface area contributed by atoms with E-state index in [-0.39, 0.29) is 19.1 Å². The highest BCUT2D eigenvalue weighted by atomic mass is 16.5. The topological polar surface area (TPSA) is 77.0 Å². The number of rotatable bonds is 10. The number of aliphatic hydroxyl groups excluding tert-OH is 1. The molecule has 0 aromatic rings. The lowest BCUT2D eigenvalue weighted by Gasteiger charge is -2.10. The number of nitrogens with one attached hydrogen (secondary N) is 1. The van der Waals surface area contributed by atoms with Gasteiger partial charge in [0.2, 0.25) is 5.91 Å². The highest BCUT2D eigenvalue weighted by Gasteiger charge is 2.05. The van der Waals surface area contributed by atoms with Crippen molar-refractivity contribution < 1.29 is 24.1 Å². The molecular weight excluding hydrogens is 214 g/mol. The van der Waals surface area contributed by atoms with Crippen molar-refractivity contribution in [3.05, 3.63) is 0 Å². The average molecular weight is 235 g/mol. The minimum absolute atomic E-state index is 0.0176. The maximum atomic E-state index is 11.2. The summed E-state index contributed by atoms with van der Waals surface area (Å²) in [4.78, 5) is 11.2. The smallest absolute Gasteiger partial charge is 0.246 e. The fourth-order valence-electron chi connectivity index (χ4n) is 1.01. The van der Waals surface area contributed by atoms with Crippen LogP contribution < -0.4 is 5.32 Å². The molecule has 0 aromatic heterocycles. The maximum absolute atomic E-state index is 11.2. The lowest BCUT2D eigenvalue weighted by molar-refractivity contribution is -0.126. The van der Waals surface area contributed by atoms with Gasteiger partial charge in [-0.05, 0) is 6.42 Å². The zero-order valence-corrected chi connectivity index (χ0v) is 9.90. The zero-order valence-electron chi connectivity index (χ0n) is 9.90. The van der Waals surface area contributed by atoms with E-state index in [9.17, 15) is 9.90 Å².